The number of hydrogen-bond acceptors (Lipinski definition) is 3. The van der Waals surface area contributed by atoms with Crippen LogP contribution in [0, 0.1) is 6.92 Å². The first-order valence-electron chi connectivity index (χ1n) is 6.69. The van der Waals surface area contributed by atoms with E-state index in [9.17, 15) is 0 Å². The summed E-state index contributed by atoms with van der Waals surface area (Å²) < 4.78 is 0. The molecule has 2 rings (SSSR count). The van der Waals surface area contributed by atoms with E-state index in [4.69, 9.17) is 0 Å². The highest BCUT2D eigenvalue weighted by Crippen LogP contribution is 2.33. The summed E-state index contributed by atoms with van der Waals surface area (Å²) in [5.74, 6) is 0. The summed E-state index contributed by atoms with van der Waals surface area (Å²) in [5.41, 5.74) is 3.81. The van der Waals surface area contributed by atoms with Crippen molar-refractivity contribution in [1.29, 1.82) is 0 Å². The standard InChI is InChI=1S/C14H23N3/c1-4-15-9-12-10-16-11(3)8-14(12)17(5-2)13-6-7-13/h8,10,13,15H,4-7,9H2,1-3H3. The largest absolute Gasteiger partial charge is 0.368 e. The Balaban J connectivity index is 2.24. The predicted octanol–water partition coefficient (Wildman–Crippen LogP) is 2.49. The van der Waals surface area contributed by atoms with Gasteiger partial charge in [0.2, 0.25) is 0 Å². The van der Waals surface area contributed by atoms with Crippen molar-refractivity contribution < 1.29 is 0 Å². The molecule has 0 radical (unpaired) electrons. The van der Waals surface area contributed by atoms with E-state index in [0.29, 0.717) is 0 Å². The number of aryl methyl sites for hydroxylation is 1. The van der Waals surface area contributed by atoms with E-state index in [1.165, 1.54) is 24.1 Å². The molecular formula is C14H23N3. The van der Waals surface area contributed by atoms with E-state index < -0.39 is 0 Å². The van der Waals surface area contributed by atoms with E-state index >= 15 is 0 Å². The Labute approximate surface area is 104 Å². The molecule has 0 bridgehead atoms. The van der Waals surface area contributed by atoms with Crippen LogP contribution in [0.15, 0.2) is 12.3 Å². The maximum absolute atomic E-state index is 4.42. The number of nitrogens with zero attached hydrogens (tertiary/aromatic N) is 2. The Kier molecular flexibility index (Phi) is 4.00. The molecule has 1 heterocycles. The van der Waals surface area contributed by atoms with Crippen molar-refractivity contribution in [2.45, 2.75) is 46.2 Å². The molecule has 1 aliphatic carbocycles. The summed E-state index contributed by atoms with van der Waals surface area (Å²) in [7, 11) is 0. The molecule has 1 saturated carbocycles. The van der Waals surface area contributed by atoms with Crippen molar-refractivity contribution in [2.75, 3.05) is 18.0 Å². The average Bonchev–Trinajstić information content (AvgIpc) is 3.13. The van der Waals surface area contributed by atoms with Crippen LogP contribution in [0.3, 0.4) is 0 Å². The van der Waals surface area contributed by atoms with Crippen LogP contribution in [-0.4, -0.2) is 24.1 Å². The summed E-state index contributed by atoms with van der Waals surface area (Å²) >= 11 is 0. The van der Waals surface area contributed by atoms with Crippen LogP contribution in [0.5, 0.6) is 0 Å². The monoisotopic (exact) mass is 233 g/mol. The second-order valence-corrected chi connectivity index (χ2v) is 4.75. The van der Waals surface area contributed by atoms with Gasteiger partial charge in [-0.3, -0.25) is 4.98 Å². The Bertz CT molecular complexity index is 372. The van der Waals surface area contributed by atoms with Gasteiger partial charge in [-0.05, 0) is 39.3 Å². The summed E-state index contributed by atoms with van der Waals surface area (Å²) in [5, 5.41) is 3.40. The van der Waals surface area contributed by atoms with Crippen molar-refractivity contribution >= 4 is 5.69 Å². The number of rotatable bonds is 6. The lowest BCUT2D eigenvalue weighted by Gasteiger charge is -2.26. The van der Waals surface area contributed by atoms with Crippen LogP contribution < -0.4 is 10.2 Å². The molecule has 0 unspecified atom stereocenters. The molecule has 0 amide bonds. The molecule has 0 spiro atoms. The van der Waals surface area contributed by atoms with Crippen LogP contribution in [0.25, 0.3) is 0 Å². The first-order valence-corrected chi connectivity index (χ1v) is 6.69. The van der Waals surface area contributed by atoms with E-state index in [1.54, 1.807) is 0 Å². The zero-order valence-electron chi connectivity index (χ0n) is 11.2. The van der Waals surface area contributed by atoms with Crippen molar-refractivity contribution in [3.8, 4) is 0 Å². The van der Waals surface area contributed by atoms with Crippen LogP contribution in [-0.2, 0) is 6.54 Å². The molecule has 1 fully saturated rings. The molecule has 1 N–H and O–H groups in total. The van der Waals surface area contributed by atoms with Gasteiger partial charge in [0.25, 0.3) is 0 Å². The number of hydrogen-bond donors (Lipinski definition) is 1. The minimum Gasteiger partial charge on any atom is -0.368 e. The van der Waals surface area contributed by atoms with Crippen molar-refractivity contribution in [3.05, 3.63) is 23.5 Å². The van der Waals surface area contributed by atoms with E-state index in [2.05, 4.69) is 42.0 Å². The maximum atomic E-state index is 4.42. The van der Waals surface area contributed by atoms with Gasteiger partial charge in [-0.25, -0.2) is 0 Å². The molecule has 17 heavy (non-hydrogen) atoms. The Morgan fingerprint density at radius 2 is 2.18 bits per heavy atom. The van der Waals surface area contributed by atoms with Gasteiger partial charge in [-0.15, -0.1) is 0 Å². The average molecular weight is 233 g/mol. The fourth-order valence-corrected chi connectivity index (χ4v) is 2.25. The predicted molar refractivity (Wildman–Crippen MR) is 72.4 cm³/mol. The van der Waals surface area contributed by atoms with Crippen LogP contribution in [0.2, 0.25) is 0 Å². The fourth-order valence-electron chi connectivity index (χ4n) is 2.25. The SMILES string of the molecule is CCNCc1cnc(C)cc1N(CC)C1CC1. The Morgan fingerprint density at radius 1 is 1.41 bits per heavy atom. The minimum absolute atomic E-state index is 0.766. The molecule has 3 heteroatoms. The number of anilines is 1. The zero-order valence-corrected chi connectivity index (χ0v) is 11.2. The van der Waals surface area contributed by atoms with Crippen LogP contribution >= 0.6 is 0 Å². The molecule has 0 atom stereocenters. The van der Waals surface area contributed by atoms with Crippen molar-refractivity contribution in [1.82, 2.24) is 10.3 Å². The van der Waals surface area contributed by atoms with E-state index in [1.807, 2.05) is 6.20 Å². The Morgan fingerprint density at radius 3 is 2.76 bits per heavy atom. The van der Waals surface area contributed by atoms with Gasteiger partial charge in [0.15, 0.2) is 0 Å². The summed E-state index contributed by atoms with van der Waals surface area (Å²) in [6.07, 6.45) is 4.71. The second kappa shape index (κ2) is 5.50. The zero-order chi connectivity index (χ0) is 12.3. The quantitative estimate of drug-likeness (QED) is 0.818. The minimum atomic E-state index is 0.766. The van der Waals surface area contributed by atoms with Gasteiger partial charge >= 0.3 is 0 Å². The maximum Gasteiger partial charge on any atom is 0.0447 e. The third-order valence-corrected chi connectivity index (χ3v) is 3.30. The van der Waals surface area contributed by atoms with Crippen LogP contribution in [0.4, 0.5) is 5.69 Å². The first-order chi connectivity index (χ1) is 8.26. The molecule has 94 valence electrons. The van der Waals surface area contributed by atoms with Crippen molar-refractivity contribution in [2.24, 2.45) is 0 Å². The molecule has 0 aromatic carbocycles. The van der Waals surface area contributed by atoms with E-state index in [0.717, 1.165) is 31.4 Å². The van der Waals surface area contributed by atoms with Gasteiger partial charge < -0.3 is 10.2 Å². The summed E-state index contributed by atoms with van der Waals surface area (Å²) in [4.78, 5) is 6.95. The van der Waals surface area contributed by atoms with E-state index in [-0.39, 0.29) is 0 Å². The number of aromatic nitrogens is 1. The summed E-state index contributed by atoms with van der Waals surface area (Å²) in [6, 6.07) is 3.00. The van der Waals surface area contributed by atoms with Gasteiger partial charge in [0, 0.05) is 42.3 Å². The third kappa shape index (κ3) is 2.97. The lowest BCUT2D eigenvalue weighted by Crippen LogP contribution is -2.27. The highest BCUT2D eigenvalue weighted by Gasteiger charge is 2.29. The molecular weight excluding hydrogens is 210 g/mol. The topological polar surface area (TPSA) is 28.2 Å². The third-order valence-electron chi connectivity index (χ3n) is 3.30. The van der Waals surface area contributed by atoms with Crippen LogP contribution in [0.1, 0.15) is 37.9 Å². The molecule has 0 saturated heterocycles. The first kappa shape index (κ1) is 12.4. The van der Waals surface area contributed by atoms with Gasteiger partial charge in [-0.1, -0.05) is 6.92 Å². The molecule has 0 aliphatic heterocycles. The van der Waals surface area contributed by atoms with Crippen molar-refractivity contribution in [3.63, 3.8) is 0 Å². The molecule has 1 aromatic heterocycles. The lowest BCUT2D eigenvalue weighted by molar-refractivity contribution is 0.715. The van der Waals surface area contributed by atoms with Gasteiger partial charge in [-0.2, -0.15) is 0 Å². The fraction of sp³-hybridized carbons (Fsp3) is 0.643. The van der Waals surface area contributed by atoms with Gasteiger partial charge in [0.1, 0.15) is 0 Å². The number of nitrogens with one attached hydrogen (secondary N) is 1. The number of pyridine rings is 1. The van der Waals surface area contributed by atoms with Gasteiger partial charge in [0.05, 0.1) is 0 Å². The summed E-state index contributed by atoms with van der Waals surface area (Å²) in [6.45, 7) is 9.46. The highest BCUT2D eigenvalue weighted by atomic mass is 15.2. The lowest BCUT2D eigenvalue weighted by atomic mass is 10.1. The molecule has 1 aliphatic rings. The molecule has 1 aromatic rings. The smallest absolute Gasteiger partial charge is 0.0447 e. The molecule has 3 nitrogen and oxygen atoms in total. The second-order valence-electron chi connectivity index (χ2n) is 4.75. The Hall–Kier alpha value is -1.09. The normalized spacial score (nSPS) is 15.0. The highest BCUT2D eigenvalue weighted by molar-refractivity contribution is 5.55.